The first-order valence-corrected chi connectivity index (χ1v) is 4.71. The Kier molecular flexibility index (Phi) is 2.77. The van der Waals surface area contributed by atoms with E-state index in [1.807, 2.05) is 0 Å². The number of rotatable bonds is 2. The fourth-order valence-electron chi connectivity index (χ4n) is 1.42. The van der Waals surface area contributed by atoms with Crippen LogP contribution in [0.25, 0.3) is 11.7 Å². The van der Waals surface area contributed by atoms with Crippen LogP contribution in [0.5, 0.6) is 0 Å². The SMILES string of the molecule is O=C(O)/C=C/c1c(C(F)(F)F)nn2cccnc12. The van der Waals surface area contributed by atoms with E-state index in [2.05, 4.69) is 10.1 Å². The summed E-state index contributed by atoms with van der Waals surface area (Å²) in [7, 11) is 0. The second kappa shape index (κ2) is 4.13. The number of carbonyl (C=O) groups is 1. The van der Waals surface area contributed by atoms with Gasteiger partial charge in [0.1, 0.15) is 0 Å². The number of nitrogens with zero attached hydrogens (tertiary/aromatic N) is 3. The lowest BCUT2D eigenvalue weighted by atomic mass is 10.2. The number of hydrogen-bond donors (Lipinski definition) is 1. The van der Waals surface area contributed by atoms with E-state index in [9.17, 15) is 18.0 Å². The molecule has 0 aliphatic rings. The van der Waals surface area contributed by atoms with E-state index >= 15 is 0 Å². The highest BCUT2D eigenvalue weighted by atomic mass is 19.4. The summed E-state index contributed by atoms with van der Waals surface area (Å²) in [6.45, 7) is 0. The minimum atomic E-state index is -4.67. The number of fused-ring (bicyclic) bond motifs is 1. The molecule has 0 aliphatic heterocycles. The molecule has 8 heteroatoms. The Bertz CT molecular complexity index is 631. The standard InChI is InChI=1S/C10H6F3N3O2/c11-10(12,13)8-6(2-3-7(17)18)9-14-4-1-5-16(9)15-8/h1-5H,(H,17,18)/b3-2+. The van der Waals surface area contributed by atoms with E-state index in [0.717, 1.165) is 10.6 Å². The van der Waals surface area contributed by atoms with Crippen LogP contribution in [0.2, 0.25) is 0 Å². The van der Waals surface area contributed by atoms with Crippen molar-refractivity contribution in [2.45, 2.75) is 6.18 Å². The van der Waals surface area contributed by atoms with Gasteiger partial charge >= 0.3 is 12.1 Å². The largest absolute Gasteiger partial charge is 0.478 e. The van der Waals surface area contributed by atoms with Crippen LogP contribution in [0, 0.1) is 0 Å². The number of aliphatic carboxylic acids is 1. The van der Waals surface area contributed by atoms with Crippen molar-refractivity contribution in [3.05, 3.63) is 35.8 Å². The lowest BCUT2D eigenvalue weighted by molar-refractivity contribution is -0.141. The predicted molar refractivity (Wildman–Crippen MR) is 54.7 cm³/mol. The minimum absolute atomic E-state index is 0.0534. The molecule has 2 aromatic heterocycles. The Morgan fingerprint density at radius 2 is 2.17 bits per heavy atom. The smallest absolute Gasteiger partial charge is 0.435 e. The monoisotopic (exact) mass is 257 g/mol. The predicted octanol–water partition coefficient (Wildman–Crippen LogP) is 1.85. The second-order valence-corrected chi connectivity index (χ2v) is 3.32. The zero-order chi connectivity index (χ0) is 13.3. The first-order chi connectivity index (χ1) is 8.39. The molecule has 0 unspecified atom stereocenters. The van der Waals surface area contributed by atoms with Crippen molar-refractivity contribution in [1.29, 1.82) is 0 Å². The Hall–Kier alpha value is -2.38. The fraction of sp³-hybridized carbons (Fsp3) is 0.100. The van der Waals surface area contributed by atoms with Crippen LogP contribution < -0.4 is 0 Å². The lowest BCUT2D eigenvalue weighted by Gasteiger charge is -2.02. The summed E-state index contributed by atoms with van der Waals surface area (Å²) in [4.78, 5) is 14.1. The Morgan fingerprint density at radius 3 is 2.78 bits per heavy atom. The summed E-state index contributed by atoms with van der Waals surface area (Å²) in [5, 5.41) is 11.8. The summed E-state index contributed by atoms with van der Waals surface area (Å²) < 4.78 is 39.1. The maximum Gasteiger partial charge on any atom is 0.435 e. The van der Waals surface area contributed by atoms with Crippen molar-refractivity contribution in [2.24, 2.45) is 0 Å². The third kappa shape index (κ3) is 2.17. The van der Waals surface area contributed by atoms with Crippen LogP contribution in [0.15, 0.2) is 24.5 Å². The first kappa shape index (κ1) is 12.1. The molecule has 0 atom stereocenters. The van der Waals surface area contributed by atoms with Crippen LogP contribution in [0.1, 0.15) is 11.3 Å². The summed E-state index contributed by atoms with van der Waals surface area (Å²) >= 11 is 0. The van der Waals surface area contributed by atoms with E-state index in [-0.39, 0.29) is 11.2 Å². The number of carboxylic acids is 1. The van der Waals surface area contributed by atoms with Crippen LogP contribution >= 0.6 is 0 Å². The van der Waals surface area contributed by atoms with E-state index in [4.69, 9.17) is 5.11 Å². The molecule has 5 nitrogen and oxygen atoms in total. The van der Waals surface area contributed by atoms with Crippen molar-refractivity contribution < 1.29 is 23.1 Å². The molecular weight excluding hydrogens is 251 g/mol. The summed E-state index contributed by atoms with van der Waals surface area (Å²) in [6, 6.07) is 1.42. The highest BCUT2D eigenvalue weighted by Gasteiger charge is 2.37. The molecule has 2 heterocycles. The average Bonchev–Trinajstić information content (AvgIpc) is 2.64. The second-order valence-electron chi connectivity index (χ2n) is 3.32. The van der Waals surface area contributed by atoms with Crippen LogP contribution in [0.3, 0.4) is 0 Å². The van der Waals surface area contributed by atoms with Gasteiger partial charge in [-0.1, -0.05) is 0 Å². The molecule has 1 N–H and O–H groups in total. The molecule has 0 saturated carbocycles. The third-order valence-corrected chi connectivity index (χ3v) is 2.09. The van der Waals surface area contributed by atoms with Crippen molar-refractivity contribution in [3.8, 4) is 0 Å². The molecule has 94 valence electrons. The van der Waals surface area contributed by atoms with Crippen molar-refractivity contribution in [2.75, 3.05) is 0 Å². The van der Waals surface area contributed by atoms with Crippen LogP contribution in [-0.4, -0.2) is 25.7 Å². The maximum atomic E-state index is 12.7. The van der Waals surface area contributed by atoms with Crippen molar-refractivity contribution in [1.82, 2.24) is 14.6 Å². The molecule has 0 radical (unpaired) electrons. The van der Waals surface area contributed by atoms with E-state index < -0.39 is 17.8 Å². The number of hydrogen-bond acceptors (Lipinski definition) is 3. The molecule has 18 heavy (non-hydrogen) atoms. The van der Waals surface area contributed by atoms with Crippen LogP contribution in [-0.2, 0) is 11.0 Å². The molecule has 0 aromatic carbocycles. The topological polar surface area (TPSA) is 67.5 Å². The van der Waals surface area contributed by atoms with Gasteiger partial charge in [-0.3, -0.25) is 0 Å². The summed E-state index contributed by atoms with van der Waals surface area (Å²) in [5.41, 5.74) is -1.59. The van der Waals surface area contributed by atoms with Gasteiger partial charge in [-0.2, -0.15) is 18.3 Å². The van der Waals surface area contributed by atoms with Crippen LogP contribution in [0.4, 0.5) is 13.2 Å². The van der Waals surface area contributed by atoms with Gasteiger partial charge in [-0.05, 0) is 12.1 Å². The molecule has 0 fully saturated rings. The van der Waals surface area contributed by atoms with Crippen molar-refractivity contribution in [3.63, 3.8) is 0 Å². The first-order valence-electron chi connectivity index (χ1n) is 4.71. The molecular formula is C10H6F3N3O2. The van der Waals surface area contributed by atoms with Crippen molar-refractivity contribution >= 4 is 17.7 Å². The van der Waals surface area contributed by atoms with E-state index in [0.29, 0.717) is 6.08 Å². The molecule has 2 rings (SSSR count). The number of halogens is 3. The lowest BCUT2D eigenvalue weighted by Crippen LogP contribution is -2.07. The number of carboxylic acid groups (broad SMARTS) is 1. The van der Waals surface area contributed by atoms with Gasteiger partial charge in [0, 0.05) is 18.5 Å². The quantitative estimate of drug-likeness (QED) is 0.833. The Morgan fingerprint density at radius 1 is 1.44 bits per heavy atom. The van der Waals surface area contributed by atoms with Gasteiger partial charge in [0.2, 0.25) is 0 Å². The minimum Gasteiger partial charge on any atom is -0.478 e. The zero-order valence-electron chi connectivity index (χ0n) is 8.72. The van der Waals surface area contributed by atoms with Gasteiger partial charge < -0.3 is 5.11 Å². The molecule has 0 bridgehead atoms. The van der Waals surface area contributed by atoms with Gasteiger partial charge in [-0.15, -0.1) is 0 Å². The Labute approximate surface area is 98.2 Å². The third-order valence-electron chi connectivity index (χ3n) is 2.09. The summed E-state index contributed by atoms with van der Waals surface area (Å²) in [5.74, 6) is -1.35. The van der Waals surface area contributed by atoms with Gasteiger partial charge in [0.05, 0.1) is 5.56 Å². The Balaban J connectivity index is 2.69. The number of alkyl halides is 3. The highest BCUT2D eigenvalue weighted by Crippen LogP contribution is 2.32. The molecule has 0 spiro atoms. The molecule has 0 amide bonds. The highest BCUT2D eigenvalue weighted by molar-refractivity contribution is 5.87. The van der Waals surface area contributed by atoms with E-state index in [1.54, 1.807) is 0 Å². The molecule has 2 aromatic rings. The van der Waals surface area contributed by atoms with Gasteiger partial charge in [0.15, 0.2) is 11.3 Å². The van der Waals surface area contributed by atoms with Gasteiger partial charge in [-0.25, -0.2) is 14.3 Å². The maximum absolute atomic E-state index is 12.7. The average molecular weight is 257 g/mol. The normalized spacial score (nSPS) is 12.4. The molecule has 0 aliphatic carbocycles. The summed E-state index contributed by atoms with van der Waals surface area (Å²) in [6.07, 6.45) is -0.627. The van der Waals surface area contributed by atoms with Gasteiger partial charge in [0.25, 0.3) is 0 Å². The zero-order valence-corrected chi connectivity index (χ0v) is 8.72. The number of aromatic nitrogens is 3. The molecule has 0 saturated heterocycles. The fourth-order valence-corrected chi connectivity index (χ4v) is 1.42. The van der Waals surface area contributed by atoms with E-state index in [1.165, 1.54) is 18.5 Å².